The van der Waals surface area contributed by atoms with E-state index < -0.39 is 17.5 Å². The minimum atomic E-state index is -0.687. The van der Waals surface area contributed by atoms with Crippen molar-refractivity contribution >= 4 is 11.6 Å². The number of furan rings is 2. The second-order valence-electron chi connectivity index (χ2n) is 5.61. The van der Waals surface area contributed by atoms with Gasteiger partial charge in [-0.05, 0) is 36.4 Å². The van der Waals surface area contributed by atoms with Crippen molar-refractivity contribution in [3.05, 3.63) is 78.1 Å². The van der Waals surface area contributed by atoms with E-state index in [9.17, 15) is 13.6 Å². The van der Waals surface area contributed by atoms with Gasteiger partial charge in [0.25, 0.3) is 5.91 Å². The van der Waals surface area contributed by atoms with Gasteiger partial charge < -0.3 is 19.1 Å². The van der Waals surface area contributed by atoms with E-state index >= 15 is 0 Å². The third-order valence-electron chi connectivity index (χ3n) is 3.62. The van der Waals surface area contributed by atoms with Crippen LogP contribution in [-0.2, 0) is 17.9 Å². The third kappa shape index (κ3) is 4.77. The zero-order valence-corrected chi connectivity index (χ0v) is 13.3. The number of rotatable bonds is 7. The number of hydrogen-bond acceptors (Lipinski definition) is 3. The molecular weight excluding hydrogens is 330 g/mol. The predicted molar refractivity (Wildman–Crippen MR) is 85.6 cm³/mol. The first-order valence-corrected chi connectivity index (χ1v) is 7.73. The Kier molecular flexibility index (Phi) is 5.25. The van der Waals surface area contributed by atoms with Crippen LogP contribution in [0.1, 0.15) is 11.5 Å². The van der Waals surface area contributed by atoms with Gasteiger partial charge >= 0.3 is 0 Å². The Bertz CT molecular complexity index is 781. The molecule has 3 aromatic rings. The van der Waals surface area contributed by atoms with Crippen molar-refractivity contribution in [3.63, 3.8) is 0 Å². The van der Waals surface area contributed by atoms with Crippen LogP contribution in [0.15, 0.2) is 63.8 Å². The van der Waals surface area contributed by atoms with Crippen molar-refractivity contribution in [2.75, 3.05) is 11.9 Å². The normalized spacial score (nSPS) is 11.0. The molecular formula is C18H17F2N2O3+. The van der Waals surface area contributed by atoms with Crippen LogP contribution in [0.25, 0.3) is 0 Å². The standard InChI is InChI=1S/C18H16F2N2O3/c19-13-5-6-16(20)17(9-13)21-18(23)12-22(10-14-3-1-7-24-14)11-15-4-2-8-25-15/h1-9H,10-12H2,(H,21,23)/p+1. The molecule has 130 valence electrons. The summed E-state index contributed by atoms with van der Waals surface area (Å²) >= 11 is 0. The number of anilines is 1. The Morgan fingerprint density at radius 2 is 1.64 bits per heavy atom. The van der Waals surface area contributed by atoms with Gasteiger partial charge in [0.2, 0.25) is 0 Å². The van der Waals surface area contributed by atoms with Gasteiger partial charge in [-0.1, -0.05) is 0 Å². The maximum absolute atomic E-state index is 13.7. The van der Waals surface area contributed by atoms with Crippen LogP contribution < -0.4 is 10.2 Å². The molecule has 7 heteroatoms. The van der Waals surface area contributed by atoms with E-state index in [0.717, 1.165) is 23.1 Å². The molecule has 2 heterocycles. The Hall–Kier alpha value is -2.93. The summed E-state index contributed by atoms with van der Waals surface area (Å²) in [6.07, 6.45) is 3.12. The third-order valence-corrected chi connectivity index (χ3v) is 3.62. The maximum atomic E-state index is 13.7. The van der Waals surface area contributed by atoms with E-state index in [4.69, 9.17) is 8.83 Å². The SMILES string of the molecule is O=C(C[NH+](Cc1ccco1)Cc1ccco1)Nc1cc(F)ccc1F. The summed E-state index contributed by atoms with van der Waals surface area (Å²) < 4.78 is 37.5. The van der Waals surface area contributed by atoms with E-state index in [0.29, 0.717) is 24.6 Å². The first kappa shape index (κ1) is 16.9. The molecule has 25 heavy (non-hydrogen) atoms. The number of carbonyl (C=O) groups excluding carboxylic acids is 1. The predicted octanol–water partition coefficient (Wildman–Crippen LogP) is 2.37. The molecule has 0 aliphatic rings. The van der Waals surface area contributed by atoms with Crippen LogP contribution in [0.5, 0.6) is 0 Å². The summed E-state index contributed by atoms with van der Waals surface area (Å²) in [4.78, 5) is 13.1. The quantitative estimate of drug-likeness (QED) is 0.690. The number of carbonyl (C=O) groups is 1. The molecule has 1 aromatic carbocycles. The molecule has 0 spiro atoms. The number of hydrogen-bond donors (Lipinski definition) is 2. The summed E-state index contributed by atoms with van der Waals surface area (Å²) in [6, 6.07) is 10.1. The van der Waals surface area contributed by atoms with Crippen LogP contribution in [0.2, 0.25) is 0 Å². The molecule has 0 unspecified atom stereocenters. The number of nitrogens with one attached hydrogen (secondary N) is 2. The van der Waals surface area contributed by atoms with Crippen molar-refractivity contribution in [2.24, 2.45) is 0 Å². The van der Waals surface area contributed by atoms with Gasteiger partial charge in [0.15, 0.2) is 18.1 Å². The fourth-order valence-corrected chi connectivity index (χ4v) is 2.52. The smallest absolute Gasteiger partial charge is 0.279 e. The molecule has 0 saturated carbocycles. The number of benzene rings is 1. The molecule has 2 aromatic heterocycles. The minimum Gasteiger partial charge on any atom is -0.463 e. The van der Waals surface area contributed by atoms with Crippen molar-refractivity contribution < 1.29 is 27.3 Å². The minimum absolute atomic E-state index is 0.0390. The van der Waals surface area contributed by atoms with E-state index in [-0.39, 0.29) is 12.2 Å². The number of halogens is 2. The monoisotopic (exact) mass is 347 g/mol. The average molecular weight is 347 g/mol. The van der Waals surface area contributed by atoms with Gasteiger partial charge in [-0.25, -0.2) is 8.78 Å². The zero-order valence-electron chi connectivity index (χ0n) is 13.3. The molecule has 0 radical (unpaired) electrons. The van der Waals surface area contributed by atoms with E-state index in [1.165, 1.54) is 0 Å². The highest BCUT2D eigenvalue weighted by Crippen LogP contribution is 2.14. The Morgan fingerprint density at radius 3 is 2.20 bits per heavy atom. The molecule has 0 saturated heterocycles. The molecule has 3 rings (SSSR count). The first-order valence-electron chi connectivity index (χ1n) is 7.73. The van der Waals surface area contributed by atoms with E-state index in [1.807, 2.05) is 12.1 Å². The van der Waals surface area contributed by atoms with Gasteiger partial charge in [-0.2, -0.15) is 0 Å². The van der Waals surface area contributed by atoms with Crippen molar-refractivity contribution in [1.82, 2.24) is 0 Å². The molecule has 2 N–H and O–H groups in total. The maximum Gasteiger partial charge on any atom is 0.279 e. The van der Waals surface area contributed by atoms with Gasteiger partial charge in [-0.15, -0.1) is 0 Å². The molecule has 1 amide bonds. The van der Waals surface area contributed by atoms with Crippen molar-refractivity contribution in [1.29, 1.82) is 0 Å². The molecule has 0 fully saturated rings. The summed E-state index contributed by atoms with van der Waals surface area (Å²) in [5, 5.41) is 2.40. The Morgan fingerprint density at radius 1 is 1.00 bits per heavy atom. The molecule has 0 aliphatic carbocycles. The van der Waals surface area contributed by atoms with Gasteiger partial charge in [0.1, 0.15) is 24.7 Å². The topological polar surface area (TPSA) is 59.8 Å². The molecule has 0 atom stereocenters. The first-order chi connectivity index (χ1) is 12.1. The van der Waals surface area contributed by atoms with Crippen molar-refractivity contribution in [3.8, 4) is 0 Å². The lowest BCUT2D eigenvalue weighted by atomic mass is 10.3. The van der Waals surface area contributed by atoms with Gasteiger partial charge in [-0.3, -0.25) is 4.79 Å². The number of amides is 1. The lowest BCUT2D eigenvalue weighted by molar-refractivity contribution is -0.921. The summed E-state index contributed by atoms with van der Waals surface area (Å²) in [5.41, 5.74) is -0.180. The molecule has 0 bridgehead atoms. The highest BCUT2D eigenvalue weighted by Gasteiger charge is 2.19. The van der Waals surface area contributed by atoms with Gasteiger partial charge in [0, 0.05) is 6.07 Å². The van der Waals surface area contributed by atoms with E-state index in [2.05, 4.69) is 5.32 Å². The van der Waals surface area contributed by atoms with Gasteiger partial charge in [0.05, 0.1) is 18.2 Å². The molecule has 5 nitrogen and oxygen atoms in total. The van der Waals surface area contributed by atoms with Crippen molar-refractivity contribution in [2.45, 2.75) is 13.1 Å². The van der Waals surface area contributed by atoms with E-state index in [1.54, 1.807) is 24.7 Å². The lowest BCUT2D eigenvalue weighted by Gasteiger charge is -2.17. The fraction of sp³-hybridized carbons (Fsp3) is 0.167. The van der Waals surface area contributed by atoms with Crippen LogP contribution in [0, 0.1) is 11.6 Å². The van der Waals surface area contributed by atoms with Crippen LogP contribution in [-0.4, -0.2) is 12.5 Å². The second kappa shape index (κ2) is 7.76. The second-order valence-corrected chi connectivity index (χ2v) is 5.61. The van der Waals surface area contributed by atoms with Crippen LogP contribution in [0.3, 0.4) is 0 Å². The highest BCUT2D eigenvalue weighted by molar-refractivity contribution is 5.91. The average Bonchev–Trinajstić information content (AvgIpc) is 3.25. The highest BCUT2D eigenvalue weighted by atomic mass is 19.1. The summed E-state index contributed by atoms with van der Waals surface area (Å²) in [7, 11) is 0. The number of quaternary nitrogens is 1. The molecule has 0 aliphatic heterocycles. The summed E-state index contributed by atoms with van der Waals surface area (Å²) in [5.74, 6) is -0.310. The Balaban J connectivity index is 1.67. The van der Waals surface area contributed by atoms with Crippen LogP contribution >= 0.6 is 0 Å². The fourth-order valence-electron chi connectivity index (χ4n) is 2.52. The lowest BCUT2D eigenvalue weighted by Crippen LogP contribution is -3.10. The Labute approximate surface area is 142 Å². The largest absolute Gasteiger partial charge is 0.463 e. The summed E-state index contributed by atoms with van der Waals surface area (Å²) in [6.45, 7) is 0.941. The van der Waals surface area contributed by atoms with Crippen LogP contribution in [0.4, 0.5) is 14.5 Å². The zero-order chi connectivity index (χ0) is 17.6.